The van der Waals surface area contributed by atoms with E-state index in [1.165, 1.54) is 6.26 Å². The smallest absolute Gasteiger partial charge is 0.317 e. The molecular formula is C9H8N4O3. The van der Waals surface area contributed by atoms with Crippen molar-refractivity contribution >= 4 is 11.6 Å². The van der Waals surface area contributed by atoms with E-state index < -0.39 is 4.92 Å². The third-order valence-electron chi connectivity index (χ3n) is 1.94. The van der Waals surface area contributed by atoms with Crippen LogP contribution in [0.5, 0.6) is 0 Å². The van der Waals surface area contributed by atoms with Crippen molar-refractivity contribution in [3.63, 3.8) is 0 Å². The first-order valence-corrected chi connectivity index (χ1v) is 4.45. The molecule has 0 spiro atoms. The molecule has 0 aliphatic heterocycles. The largest absolute Gasteiger partial charge is 0.462 e. The fraction of sp³-hybridized carbons (Fsp3) is 0.111. The third-order valence-corrected chi connectivity index (χ3v) is 1.94. The summed E-state index contributed by atoms with van der Waals surface area (Å²) >= 11 is 0. The molecule has 2 aromatic heterocycles. The molecule has 0 radical (unpaired) electrons. The Morgan fingerprint density at radius 2 is 2.38 bits per heavy atom. The van der Waals surface area contributed by atoms with Gasteiger partial charge in [-0.2, -0.15) is 0 Å². The van der Waals surface area contributed by atoms with Crippen molar-refractivity contribution in [1.29, 1.82) is 0 Å². The van der Waals surface area contributed by atoms with Crippen LogP contribution < -0.4 is 5.32 Å². The second-order valence-electron chi connectivity index (χ2n) is 2.91. The number of nitrogens with zero attached hydrogens (tertiary/aromatic N) is 3. The highest BCUT2D eigenvalue weighted by Crippen LogP contribution is 2.27. The molecule has 0 bridgehead atoms. The molecule has 0 aliphatic carbocycles. The van der Waals surface area contributed by atoms with Gasteiger partial charge in [0.05, 0.1) is 11.2 Å². The van der Waals surface area contributed by atoms with E-state index in [4.69, 9.17) is 4.42 Å². The molecular weight excluding hydrogens is 212 g/mol. The molecule has 0 aliphatic rings. The highest BCUT2D eigenvalue weighted by molar-refractivity contribution is 5.65. The molecule has 2 rings (SSSR count). The van der Waals surface area contributed by atoms with Gasteiger partial charge in [0.25, 0.3) is 0 Å². The first-order valence-electron chi connectivity index (χ1n) is 4.45. The standard InChI is InChI=1S/C9H8N4O3/c1-10-9-11-5-6(13(14)15)8(12-9)7-3-2-4-16-7/h2-5H,1H3,(H,10,11,12). The molecule has 7 heteroatoms. The van der Waals surface area contributed by atoms with Crippen LogP contribution in [0.1, 0.15) is 0 Å². The minimum Gasteiger partial charge on any atom is -0.462 e. The van der Waals surface area contributed by atoms with Gasteiger partial charge in [0, 0.05) is 7.05 Å². The van der Waals surface area contributed by atoms with Gasteiger partial charge in [-0.3, -0.25) is 10.1 Å². The van der Waals surface area contributed by atoms with Gasteiger partial charge in [-0.1, -0.05) is 0 Å². The van der Waals surface area contributed by atoms with Gasteiger partial charge in [0.1, 0.15) is 6.20 Å². The molecule has 0 atom stereocenters. The summed E-state index contributed by atoms with van der Waals surface area (Å²) < 4.78 is 5.09. The maximum Gasteiger partial charge on any atom is 0.317 e. The van der Waals surface area contributed by atoms with Crippen molar-refractivity contribution < 1.29 is 9.34 Å². The Balaban J connectivity index is 2.59. The lowest BCUT2D eigenvalue weighted by Gasteiger charge is -2.01. The Kier molecular flexibility index (Phi) is 2.50. The predicted molar refractivity (Wildman–Crippen MR) is 55.9 cm³/mol. The quantitative estimate of drug-likeness (QED) is 0.624. The zero-order valence-electron chi connectivity index (χ0n) is 8.38. The van der Waals surface area contributed by atoms with Crippen LogP contribution in [0.4, 0.5) is 11.6 Å². The lowest BCUT2D eigenvalue weighted by Crippen LogP contribution is -2.01. The van der Waals surface area contributed by atoms with Crippen LogP contribution in [0.15, 0.2) is 29.0 Å². The van der Waals surface area contributed by atoms with Crippen LogP contribution in [0.2, 0.25) is 0 Å². The van der Waals surface area contributed by atoms with E-state index in [-0.39, 0.29) is 11.4 Å². The summed E-state index contributed by atoms with van der Waals surface area (Å²) in [5, 5.41) is 13.5. The second-order valence-corrected chi connectivity index (χ2v) is 2.91. The highest BCUT2D eigenvalue weighted by atomic mass is 16.6. The molecule has 7 nitrogen and oxygen atoms in total. The fourth-order valence-corrected chi connectivity index (χ4v) is 1.22. The van der Waals surface area contributed by atoms with Gasteiger partial charge in [-0.05, 0) is 12.1 Å². The third kappa shape index (κ3) is 1.70. The van der Waals surface area contributed by atoms with Gasteiger partial charge in [-0.15, -0.1) is 0 Å². The van der Waals surface area contributed by atoms with Crippen LogP contribution in [0.25, 0.3) is 11.5 Å². The monoisotopic (exact) mass is 220 g/mol. The molecule has 0 amide bonds. The Morgan fingerprint density at radius 1 is 1.56 bits per heavy atom. The molecule has 0 saturated heterocycles. The number of rotatable bonds is 3. The Labute approximate surface area is 90.3 Å². The lowest BCUT2D eigenvalue weighted by atomic mass is 10.3. The van der Waals surface area contributed by atoms with Crippen molar-refractivity contribution in [3.05, 3.63) is 34.7 Å². The summed E-state index contributed by atoms with van der Waals surface area (Å²) in [6, 6.07) is 3.25. The van der Waals surface area contributed by atoms with Crippen LogP contribution in [0, 0.1) is 10.1 Å². The minimum absolute atomic E-state index is 0.161. The van der Waals surface area contributed by atoms with E-state index >= 15 is 0 Å². The summed E-state index contributed by atoms with van der Waals surface area (Å²) in [7, 11) is 1.63. The average Bonchev–Trinajstić information content (AvgIpc) is 2.81. The number of nitro groups is 1. The maximum absolute atomic E-state index is 10.8. The maximum atomic E-state index is 10.8. The van der Waals surface area contributed by atoms with Crippen LogP contribution in [-0.2, 0) is 0 Å². The summed E-state index contributed by atoms with van der Waals surface area (Å²) in [4.78, 5) is 18.0. The Hall–Kier alpha value is -2.44. The predicted octanol–water partition coefficient (Wildman–Crippen LogP) is 1.69. The van der Waals surface area contributed by atoms with Gasteiger partial charge < -0.3 is 9.73 Å². The van der Waals surface area contributed by atoms with Crippen molar-refractivity contribution in [3.8, 4) is 11.5 Å². The van der Waals surface area contributed by atoms with E-state index in [2.05, 4.69) is 15.3 Å². The topological polar surface area (TPSA) is 94.1 Å². The lowest BCUT2D eigenvalue weighted by molar-refractivity contribution is -0.384. The SMILES string of the molecule is CNc1ncc([N+](=O)[O-])c(-c2ccco2)n1. The number of nitrogens with one attached hydrogen (secondary N) is 1. The first kappa shape index (κ1) is 10.1. The summed E-state index contributed by atoms with van der Waals surface area (Å²) in [5.41, 5.74) is -0.0247. The second kappa shape index (κ2) is 3.97. The molecule has 2 aromatic rings. The van der Waals surface area contributed by atoms with Gasteiger partial charge in [-0.25, -0.2) is 9.97 Å². The molecule has 0 aromatic carbocycles. The number of furan rings is 1. The van der Waals surface area contributed by atoms with E-state index in [9.17, 15) is 10.1 Å². The van der Waals surface area contributed by atoms with E-state index in [1.54, 1.807) is 19.2 Å². The first-order chi connectivity index (χ1) is 7.72. The van der Waals surface area contributed by atoms with E-state index in [0.717, 1.165) is 6.20 Å². The number of hydrogen-bond donors (Lipinski definition) is 1. The highest BCUT2D eigenvalue weighted by Gasteiger charge is 2.20. The molecule has 0 fully saturated rings. The molecule has 2 heterocycles. The van der Waals surface area contributed by atoms with E-state index in [1.807, 2.05) is 0 Å². The summed E-state index contributed by atoms with van der Waals surface area (Å²) in [6.45, 7) is 0. The molecule has 16 heavy (non-hydrogen) atoms. The Bertz CT molecular complexity index is 509. The normalized spacial score (nSPS) is 10.1. The van der Waals surface area contributed by atoms with Crippen LogP contribution >= 0.6 is 0 Å². The number of anilines is 1. The minimum atomic E-state index is -0.544. The number of hydrogen-bond acceptors (Lipinski definition) is 6. The van der Waals surface area contributed by atoms with Gasteiger partial charge in [0.2, 0.25) is 5.95 Å². The average molecular weight is 220 g/mol. The zero-order valence-corrected chi connectivity index (χ0v) is 8.38. The molecule has 0 saturated carbocycles. The van der Waals surface area contributed by atoms with Crippen LogP contribution in [0.3, 0.4) is 0 Å². The van der Waals surface area contributed by atoms with Crippen LogP contribution in [-0.4, -0.2) is 21.9 Å². The van der Waals surface area contributed by atoms with Gasteiger partial charge in [0.15, 0.2) is 11.5 Å². The fourth-order valence-electron chi connectivity index (χ4n) is 1.22. The summed E-state index contributed by atoms with van der Waals surface area (Å²) in [5.74, 6) is 0.641. The molecule has 1 N–H and O–H groups in total. The molecule has 82 valence electrons. The summed E-state index contributed by atoms with van der Waals surface area (Å²) in [6.07, 6.45) is 2.58. The van der Waals surface area contributed by atoms with Crippen molar-refractivity contribution in [2.75, 3.05) is 12.4 Å². The van der Waals surface area contributed by atoms with E-state index in [0.29, 0.717) is 11.7 Å². The van der Waals surface area contributed by atoms with Crippen molar-refractivity contribution in [1.82, 2.24) is 9.97 Å². The van der Waals surface area contributed by atoms with Crippen molar-refractivity contribution in [2.24, 2.45) is 0 Å². The zero-order chi connectivity index (χ0) is 11.5. The number of aromatic nitrogens is 2. The molecule has 0 unspecified atom stereocenters. The Morgan fingerprint density at radius 3 is 2.94 bits per heavy atom. The van der Waals surface area contributed by atoms with Gasteiger partial charge >= 0.3 is 5.69 Å². The van der Waals surface area contributed by atoms with Crippen molar-refractivity contribution in [2.45, 2.75) is 0 Å².